The third kappa shape index (κ3) is 6.58. The first kappa shape index (κ1) is 21.8. The summed E-state index contributed by atoms with van der Waals surface area (Å²) in [6.45, 7) is 8.23. The summed E-state index contributed by atoms with van der Waals surface area (Å²) in [5.41, 5.74) is 0.982. The second-order valence-electron chi connectivity index (χ2n) is 5.55. The average Bonchev–Trinajstić information content (AvgIpc) is 2.54. The van der Waals surface area contributed by atoms with Crippen molar-refractivity contribution in [2.45, 2.75) is 39.3 Å². The molecule has 0 aromatic heterocycles. The van der Waals surface area contributed by atoms with E-state index in [0.717, 1.165) is 50.6 Å². The van der Waals surface area contributed by atoms with E-state index in [2.05, 4.69) is 17.1 Å². The van der Waals surface area contributed by atoms with Gasteiger partial charge in [-0.2, -0.15) is 0 Å². The molecule has 0 saturated carbocycles. The Bertz CT molecular complexity index is 535. The molecule has 1 heterocycles. The highest BCUT2D eigenvalue weighted by Crippen LogP contribution is 2.22. The van der Waals surface area contributed by atoms with Crippen molar-refractivity contribution >= 4 is 53.1 Å². The van der Waals surface area contributed by atoms with Crippen LogP contribution in [0.25, 0.3) is 0 Å². The lowest BCUT2D eigenvalue weighted by Crippen LogP contribution is -2.47. The molecule has 0 spiro atoms. The summed E-state index contributed by atoms with van der Waals surface area (Å²) in [5.74, 6) is 0.938. The van der Waals surface area contributed by atoms with Crippen LogP contribution in [0.3, 0.4) is 0 Å². The smallest absolute Gasteiger partial charge is 0.194 e. The number of hydrogen-bond donors (Lipinski definition) is 1. The highest BCUT2D eigenvalue weighted by Gasteiger charge is 2.21. The van der Waals surface area contributed by atoms with E-state index in [1.165, 1.54) is 0 Å². The van der Waals surface area contributed by atoms with Gasteiger partial charge in [-0.25, -0.2) is 4.99 Å². The van der Waals surface area contributed by atoms with Crippen molar-refractivity contribution in [2.75, 3.05) is 26.2 Å². The number of nitrogens with one attached hydrogen (secondary N) is 1. The number of hydrogen-bond acceptors (Lipinski definition) is 2. The zero-order valence-electron chi connectivity index (χ0n) is 14.2. The van der Waals surface area contributed by atoms with Crippen molar-refractivity contribution in [1.82, 2.24) is 10.2 Å². The normalized spacial score (nSPS) is 16.0. The summed E-state index contributed by atoms with van der Waals surface area (Å²) in [7, 11) is 0. The summed E-state index contributed by atoms with van der Waals surface area (Å²) >= 11 is 12.2. The zero-order chi connectivity index (χ0) is 16.7. The van der Waals surface area contributed by atoms with Crippen LogP contribution in [0.2, 0.25) is 10.0 Å². The van der Waals surface area contributed by atoms with Gasteiger partial charge in [0.1, 0.15) is 0 Å². The van der Waals surface area contributed by atoms with Gasteiger partial charge < -0.3 is 15.0 Å². The molecule has 0 radical (unpaired) electrons. The van der Waals surface area contributed by atoms with Crippen LogP contribution in [-0.4, -0.2) is 43.2 Å². The number of aliphatic imine (C=N–C) groups is 1. The quantitative estimate of drug-likeness (QED) is 0.377. The maximum absolute atomic E-state index is 6.23. The third-order valence-corrected chi connectivity index (χ3v) is 4.48. The van der Waals surface area contributed by atoms with E-state index < -0.39 is 0 Å². The standard InChI is InChI=1S/C17H25Cl2N3O.HI/c1-3-20-17(22-9-7-15(8-10-22)23-4-2)21-12-13-5-6-14(18)11-16(13)19;/h5-6,11,15H,3-4,7-10,12H2,1-2H3,(H,20,21);1H. The van der Waals surface area contributed by atoms with Crippen molar-refractivity contribution in [2.24, 2.45) is 4.99 Å². The first-order valence-electron chi connectivity index (χ1n) is 8.22. The van der Waals surface area contributed by atoms with Crippen LogP contribution in [0.4, 0.5) is 0 Å². The van der Waals surface area contributed by atoms with Crippen molar-refractivity contribution in [3.05, 3.63) is 33.8 Å². The van der Waals surface area contributed by atoms with E-state index in [0.29, 0.717) is 22.7 Å². The highest BCUT2D eigenvalue weighted by atomic mass is 127. The van der Waals surface area contributed by atoms with Gasteiger partial charge in [0.25, 0.3) is 0 Å². The molecule has 4 nitrogen and oxygen atoms in total. The number of ether oxygens (including phenoxy) is 1. The molecule has 136 valence electrons. The summed E-state index contributed by atoms with van der Waals surface area (Å²) < 4.78 is 5.71. The molecule has 2 rings (SSSR count). The number of guanidine groups is 1. The lowest BCUT2D eigenvalue weighted by atomic mass is 10.1. The van der Waals surface area contributed by atoms with E-state index in [9.17, 15) is 0 Å². The minimum absolute atomic E-state index is 0. The Morgan fingerprint density at radius 1 is 1.29 bits per heavy atom. The molecule has 1 aromatic rings. The maximum Gasteiger partial charge on any atom is 0.194 e. The third-order valence-electron chi connectivity index (χ3n) is 3.89. The predicted octanol–water partition coefficient (Wildman–Crippen LogP) is 4.58. The van der Waals surface area contributed by atoms with Crippen molar-refractivity contribution in [3.63, 3.8) is 0 Å². The second-order valence-corrected chi connectivity index (χ2v) is 6.39. The molecule has 1 aliphatic heterocycles. The van der Waals surface area contributed by atoms with Gasteiger partial charge >= 0.3 is 0 Å². The van der Waals surface area contributed by atoms with Gasteiger partial charge in [0.15, 0.2) is 5.96 Å². The fourth-order valence-electron chi connectivity index (χ4n) is 2.71. The predicted molar refractivity (Wildman–Crippen MR) is 113 cm³/mol. The first-order valence-corrected chi connectivity index (χ1v) is 8.98. The summed E-state index contributed by atoms with van der Waals surface area (Å²) in [4.78, 5) is 7.03. The number of piperidine rings is 1. The fraction of sp³-hybridized carbons (Fsp3) is 0.588. The van der Waals surface area contributed by atoms with Crippen LogP contribution in [-0.2, 0) is 11.3 Å². The van der Waals surface area contributed by atoms with Crippen LogP contribution < -0.4 is 5.32 Å². The van der Waals surface area contributed by atoms with Crippen LogP contribution in [0, 0.1) is 0 Å². The Labute approximate surface area is 172 Å². The van der Waals surface area contributed by atoms with Crippen LogP contribution in [0.15, 0.2) is 23.2 Å². The number of halogens is 3. The van der Waals surface area contributed by atoms with E-state index >= 15 is 0 Å². The molecule has 1 aromatic carbocycles. The molecular formula is C17H26Cl2IN3O. The number of benzene rings is 1. The monoisotopic (exact) mass is 485 g/mol. The fourth-order valence-corrected chi connectivity index (χ4v) is 3.17. The van der Waals surface area contributed by atoms with Crippen LogP contribution >= 0.6 is 47.2 Å². The molecule has 7 heteroatoms. The molecule has 0 bridgehead atoms. The summed E-state index contributed by atoms with van der Waals surface area (Å²) in [6.07, 6.45) is 2.46. The summed E-state index contributed by atoms with van der Waals surface area (Å²) in [5, 5.41) is 4.67. The minimum atomic E-state index is 0. The van der Waals surface area contributed by atoms with E-state index in [4.69, 9.17) is 32.9 Å². The van der Waals surface area contributed by atoms with Gasteiger partial charge in [0.05, 0.1) is 12.6 Å². The highest BCUT2D eigenvalue weighted by molar-refractivity contribution is 14.0. The largest absolute Gasteiger partial charge is 0.378 e. The molecule has 1 N–H and O–H groups in total. The number of rotatable bonds is 5. The minimum Gasteiger partial charge on any atom is -0.378 e. The number of nitrogens with zero attached hydrogens (tertiary/aromatic N) is 2. The van der Waals surface area contributed by atoms with Gasteiger partial charge in [0, 0.05) is 36.3 Å². The topological polar surface area (TPSA) is 36.9 Å². The Hall–Kier alpha value is -0.240. The van der Waals surface area contributed by atoms with Crippen LogP contribution in [0.1, 0.15) is 32.3 Å². The van der Waals surface area contributed by atoms with Gasteiger partial charge in [-0.1, -0.05) is 29.3 Å². The molecule has 0 amide bonds. The Balaban J connectivity index is 0.00000288. The lowest BCUT2D eigenvalue weighted by molar-refractivity contribution is 0.0263. The number of likely N-dealkylation sites (tertiary alicyclic amines) is 1. The molecule has 1 aliphatic rings. The maximum atomic E-state index is 6.23. The molecule has 1 saturated heterocycles. The Morgan fingerprint density at radius 3 is 2.58 bits per heavy atom. The van der Waals surface area contributed by atoms with Gasteiger partial charge in [-0.05, 0) is 44.4 Å². The van der Waals surface area contributed by atoms with E-state index in [1.54, 1.807) is 6.07 Å². The summed E-state index contributed by atoms with van der Waals surface area (Å²) in [6, 6.07) is 5.53. The molecular weight excluding hydrogens is 460 g/mol. The van der Waals surface area contributed by atoms with E-state index in [1.807, 2.05) is 19.1 Å². The average molecular weight is 486 g/mol. The molecule has 0 atom stereocenters. The molecule has 1 fully saturated rings. The van der Waals surface area contributed by atoms with Crippen LogP contribution in [0.5, 0.6) is 0 Å². The lowest BCUT2D eigenvalue weighted by Gasteiger charge is -2.34. The Kier molecular flexibility index (Phi) is 10.3. The molecule has 24 heavy (non-hydrogen) atoms. The van der Waals surface area contributed by atoms with Gasteiger partial charge in [0.2, 0.25) is 0 Å². The second kappa shape index (κ2) is 11.4. The van der Waals surface area contributed by atoms with Crippen molar-refractivity contribution in [3.8, 4) is 0 Å². The van der Waals surface area contributed by atoms with Gasteiger partial charge in [-0.15, -0.1) is 24.0 Å². The molecule has 0 unspecified atom stereocenters. The van der Waals surface area contributed by atoms with Crippen molar-refractivity contribution in [1.29, 1.82) is 0 Å². The van der Waals surface area contributed by atoms with Gasteiger partial charge in [-0.3, -0.25) is 0 Å². The molecule has 0 aliphatic carbocycles. The first-order chi connectivity index (χ1) is 11.1. The van der Waals surface area contributed by atoms with E-state index in [-0.39, 0.29) is 24.0 Å². The Morgan fingerprint density at radius 2 is 2.00 bits per heavy atom. The van der Waals surface area contributed by atoms with Crippen molar-refractivity contribution < 1.29 is 4.74 Å². The SMILES string of the molecule is CCNC(=NCc1ccc(Cl)cc1Cl)N1CCC(OCC)CC1.I. The zero-order valence-corrected chi connectivity index (χ0v) is 18.1.